The Labute approximate surface area is 116 Å². The molecule has 0 radical (unpaired) electrons. The zero-order valence-electron chi connectivity index (χ0n) is 11.5. The third-order valence-corrected chi connectivity index (χ3v) is 2.61. The standard InChI is InChI=1S/C12H18N2O6/c1-3-4-7-19-12(18)13-8(2)11(17)20-14-9(15)5-6-10(14)16/h8H,3-7H2,1-2H3,(H,13,18)/t8-/m0/s1. The summed E-state index contributed by atoms with van der Waals surface area (Å²) in [5.41, 5.74) is 0. The molecule has 1 fully saturated rings. The van der Waals surface area contributed by atoms with Gasteiger partial charge in [-0.2, -0.15) is 0 Å². The minimum absolute atomic E-state index is 0.0208. The fourth-order valence-electron chi connectivity index (χ4n) is 1.41. The van der Waals surface area contributed by atoms with Crippen molar-refractivity contribution in [1.29, 1.82) is 0 Å². The largest absolute Gasteiger partial charge is 0.450 e. The number of hydroxylamine groups is 2. The van der Waals surface area contributed by atoms with Crippen molar-refractivity contribution in [3.8, 4) is 0 Å². The monoisotopic (exact) mass is 286 g/mol. The summed E-state index contributed by atoms with van der Waals surface area (Å²) in [6, 6.07) is -1.02. The van der Waals surface area contributed by atoms with E-state index in [1.165, 1.54) is 6.92 Å². The SMILES string of the molecule is CCCCOC(=O)N[C@@H](C)C(=O)ON1C(=O)CCC1=O. The minimum atomic E-state index is -1.02. The number of carbonyl (C=O) groups is 4. The second-order valence-corrected chi connectivity index (χ2v) is 4.35. The first kappa shape index (κ1) is 15.9. The van der Waals surface area contributed by atoms with E-state index in [-0.39, 0.29) is 19.4 Å². The highest BCUT2D eigenvalue weighted by Gasteiger charge is 2.34. The van der Waals surface area contributed by atoms with Crippen molar-refractivity contribution in [1.82, 2.24) is 10.4 Å². The van der Waals surface area contributed by atoms with E-state index in [4.69, 9.17) is 4.74 Å². The number of rotatable bonds is 6. The zero-order valence-corrected chi connectivity index (χ0v) is 11.5. The van der Waals surface area contributed by atoms with Gasteiger partial charge in [0.05, 0.1) is 6.61 Å². The fraction of sp³-hybridized carbons (Fsp3) is 0.667. The van der Waals surface area contributed by atoms with Crippen LogP contribution in [0.1, 0.15) is 39.5 Å². The molecule has 0 unspecified atom stereocenters. The van der Waals surface area contributed by atoms with Crippen LogP contribution in [0.5, 0.6) is 0 Å². The molecule has 20 heavy (non-hydrogen) atoms. The van der Waals surface area contributed by atoms with E-state index in [0.29, 0.717) is 5.06 Å². The first-order chi connectivity index (χ1) is 9.45. The van der Waals surface area contributed by atoms with Crippen molar-refractivity contribution >= 4 is 23.9 Å². The van der Waals surface area contributed by atoms with Gasteiger partial charge in [0.15, 0.2) is 0 Å². The number of hydrogen-bond acceptors (Lipinski definition) is 6. The average Bonchev–Trinajstić information content (AvgIpc) is 2.70. The van der Waals surface area contributed by atoms with Gasteiger partial charge in [-0.3, -0.25) is 9.59 Å². The molecule has 0 aromatic rings. The molecule has 1 rings (SSSR count). The summed E-state index contributed by atoms with van der Waals surface area (Å²) < 4.78 is 4.81. The minimum Gasteiger partial charge on any atom is -0.450 e. The first-order valence-corrected chi connectivity index (χ1v) is 6.46. The number of alkyl carbamates (subject to hydrolysis) is 1. The summed E-state index contributed by atoms with van der Waals surface area (Å²) in [4.78, 5) is 50.1. The van der Waals surface area contributed by atoms with Crippen LogP contribution in [0.2, 0.25) is 0 Å². The van der Waals surface area contributed by atoms with Gasteiger partial charge in [-0.05, 0) is 13.3 Å². The van der Waals surface area contributed by atoms with Crippen LogP contribution in [0.3, 0.4) is 0 Å². The lowest BCUT2D eigenvalue weighted by atomic mass is 10.3. The van der Waals surface area contributed by atoms with Crippen LogP contribution in [0.4, 0.5) is 4.79 Å². The van der Waals surface area contributed by atoms with Crippen LogP contribution >= 0.6 is 0 Å². The van der Waals surface area contributed by atoms with Gasteiger partial charge in [0.25, 0.3) is 11.8 Å². The Bertz CT molecular complexity index is 393. The lowest BCUT2D eigenvalue weighted by molar-refractivity contribution is -0.198. The first-order valence-electron chi connectivity index (χ1n) is 6.46. The zero-order chi connectivity index (χ0) is 15.1. The van der Waals surface area contributed by atoms with Gasteiger partial charge < -0.3 is 14.9 Å². The maximum atomic E-state index is 11.6. The third-order valence-electron chi connectivity index (χ3n) is 2.61. The molecule has 8 nitrogen and oxygen atoms in total. The molecule has 0 saturated carbocycles. The van der Waals surface area contributed by atoms with Gasteiger partial charge in [0.1, 0.15) is 6.04 Å². The van der Waals surface area contributed by atoms with Crippen LogP contribution in [0.15, 0.2) is 0 Å². The molecule has 112 valence electrons. The lowest BCUT2D eigenvalue weighted by Crippen LogP contribution is -2.43. The summed E-state index contributed by atoms with van der Waals surface area (Å²) in [5, 5.41) is 2.69. The highest BCUT2D eigenvalue weighted by atomic mass is 16.7. The summed E-state index contributed by atoms with van der Waals surface area (Å²) in [6.07, 6.45) is 0.898. The molecule has 1 saturated heterocycles. The number of ether oxygens (including phenoxy) is 1. The van der Waals surface area contributed by atoms with Crippen molar-refractivity contribution in [2.75, 3.05) is 6.61 Å². The molecular weight excluding hydrogens is 268 g/mol. The molecule has 8 heteroatoms. The van der Waals surface area contributed by atoms with Gasteiger partial charge in [-0.1, -0.05) is 13.3 Å². The normalized spacial score (nSPS) is 16.0. The number of imide groups is 1. The molecule has 1 aliphatic heterocycles. The van der Waals surface area contributed by atoms with E-state index in [1.807, 2.05) is 6.92 Å². The summed E-state index contributed by atoms with van der Waals surface area (Å²) in [7, 11) is 0. The fourth-order valence-corrected chi connectivity index (χ4v) is 1.41. The van der Waals surface area contributed by atoms with Crippen molar-refractivity contribution in [2.45, 2.75) is 45.6 Å². The third kappa shape index (κ3) is 4.52. The summed E-state index contributed by atoms with van der Waals surface area (Å²) >= 11 is 0. The van der Waals surface area contributed by atoms with Crippen molar-refractivity contribution < 1.29 is 28.8 Å². The predicted molar refractivity (Wildman–Crippen MR) is 66.0 cm³/mol. The van der Waals surface area contributed by atoms with Gasteiger partial charge >= 0.3 is 12.1 Å². The second-order valence-electron chi connectivity index (χ2n) is 4.35. The molecule has 1 N–H and O–H groups in total. The Morgan fingerprint density at radius 2 is 1.90 bits per heavy atom. The van der Waals surface area contributed by atoms with Crippen LogP contribution in [0.25, 0.3) is 0 Å². The molecule has 1 heterocycles. The van der Waals surface area contributed by atoms with E-state index < -0.39 is 29.9 Å². The van der Waals surface area contributed by atoms with Crippen LogP contribution in [-0.2, 0) is 24.0 Å². The van der Waals surface area contributed by atoms with Crippen LogP contribution in [0, 0.1) is 0 Å². The van der Waals surface area contributed by atoms with E-state index in [0.717, 1.165) is 12.8 Å². The van der Waals surface area contributed by atoms with Crippen LogP contribution in [-0.4, -0.2) is 41.6 Å². The molecule has 0 aromatic carbocycles. The summed E-state index contributed by atoms with van der Waals surface area (Å²) in [6.45, 7) is 3.58. The maximum absolute atomic E-state index is 11.6. The molecule has 1 atom stereocenters. The number of unbranched alkanes of at least 4 members (excludes halogenated alkanes) is 1. The Morgan fingerprint density at radius 1 is 1.30 bits per heavy atom. The summed E-state index contributed by atoms with van der Waals surface area (Å²) in [5.74, 6) is -2.04. The van der Waals surface area contributed by atoms with Gasteiger partial charge in [0.2, 0.25) is 0 Å². The Hall–Kier alpha value is -2.12. The Balaban J connectivity index is 2.37. The van der Waals surface area contributed by atoms with E-state index in [1.54, 1.807) is 0 Å². The molecule has 1 aliphatic rings. The molecule has 0 bridgehead atoms. The average molecular weight is 286 g/mol. The maximum Gasteiger partial charge on any atom is 0.407 e. The molecule has 0 aliphatic carbocycles. The predicted octanol–water partition coefficient (Wildman–Crippen LogP) is 0.508. The van der Waals surface area contributed by atoms with Crippen LogP contribution < -0.4 is 5.32 Å². The van der Waals surface area contributed by atoms with Gasteiger partial charge in [0, 0.05) is 12.8 Å². The molecule has 0 aromatic heterocycles. The molecular formula is C12H18N2O6. The van der Waals surface area contributed by atoms with E-state index in [2.05, 4.69) is 10.2 Å². The van der Waals surface area contributed by atoms with E-state index in [9.17, 15) is 19.2 Å². The highest BCUT2D eigenvalue weighted by molar-refractivity contribution is 6.01. The second kappa shape index (κ2) is 7.46. The van der Waals surface area contributed by atoms with Crippen molar-refractivity contribution in [2.24, 2.45) is 0 Å². The van der Waals surface area contributed by atoms with Gasteiger partial charge in [-0.15, -0.1) is 5.06 Å². The number of hydrogen-bond donors (Lipinski definition) is 1. The Morgan fingerprint density at radius 3 is 2.45 bits per heavy atom. The molecule has 0 spiro atoms. The smallest absolute Gasteiger partial charge is 0.407 e. The Kier molecular flexibility index (Phi) is 5.95. The quantitative estimate of drug-likeness (QED) is 0.563. The molecule has 3 amide bonds. The van der Waals surface area contributed by atoms with Crippen molar-refractivity contribution in [3.63, 3.8) is 0 Å². The van der Waals surface area contributed by atoms with Crippen molar-refractivity contribution in [3.05, 3.63) is 0 Å². The number of carbonyl (C=O) groups excluding carboxylic acids is 4. The number of nitrogens with zero attached hydrogens (tertiary/aromatic N) is 1. The van der Waals surface area contributed by atoms with E-state index >= 15 is 0 Å². The number of nitrogens with one attached hydrogen (secondary N) is 1. The van der Waals surface area contributed by atoms with Gasteiger partial charge in [-0.25, -0.2) is 9.59 Å². The lowest BCUT2D eigenvalue weighted by Gasteiger charge is -2.17. The number of amides is 3. The highest BCUT2D eigenvalue weighted by Crippen LogP contribution is 2.12. The topological polar surface area (TPSA) is 102 Å².